The standard InChI is InChI=1S/C16H11ClF3N3O2/c17-10-1-6-14-22-12(7-15(24)23(14)9-10)8-21-11-2-4-13(5-3-11)25-16(18,19)20/h1-7,9,21H,8H2. The molecular formula is C16H11ClF3N3O2. The maximum atomic E-state index is 12.1. The van der Waals surface area contributed by atoms with E-state index in [9.17, 15) is 18.0 Å². The van der Waals surface area contributed by atoms with Crippen LogP contribution in [0.2, 0.25) is 5.02 Å². The Morgan fingerprint density at radius 3 is 2.56 bits per heavy atom. The fraction of sp³-hybridized carbons (Fsp3) is 0.125. The van der Waals surface area contributed by atoms with Crippen LogP contribution in [0.25, 0.3) is 5.65 Å². The molecule has 3 aromatic rings. The topological polar surface area (TPSA) is 55.6 Å². The summed E-state index contributed by atoms with van der Waals surface area (Å²) in [5.41, 5.74) is 1.22. The minimum absolute atomic E-state index is 0.230. The molecule has 0 radical (unpaired) electrons. The summed E-state index contributed by atoms with van der Waals surface area (Å²) in [6.45, 7) is 0.230. The predicted molar refractivity (Wildman–Crippen MR) is 86.9 cm³/mol. The Balaban J connectivity index is 1.72. The van der Waals surface area contributed by atoms with E-state index in [0.717, 1.165) is 0 Å². The number of fused-ring (bicyclic) bond motifs is 1. The molecule has 0 aliphatic rings. The molecule has 25 heavy (non-hydrogen) atoms. The third-order valence-corrected chi connectivity index (χ3v) is 3.46. The summed E-state index contributed by atoms with van der Waals surface area (Å²) < 4.78 is 41.5. The number of aromatic nitrogens is 2. The molecule has 1 aromatic carbocycles. The average Bonchev–Trinajstić information content (AvgIpc) is 2.53. The number of halogens is 4. The summed E-state index contributed by atoms with van der Waals surface area (Å²) >= 11 is 5.84. The maximum Gasteiger partial charge on any atom is 0.573 e. The zero-order chi connectivity index (χ0) is 18.0. The van der Waals surface area contributed by atoms with Gasteiger partial charge in [0.2, 0.25) is 0 Å². The molecule has 0 amide bonds. The molecule has 0 saturated carbocycles. The number of benzene rings is 1. The SMILES string of the molecule is O=c1cc(CNc2ccc(OC(F)(F)F)cc2)nc2ccc(Cl)cn12. The highest BCUT2D eigenvalue weighted by molar-refractivity contribution is 6.30. The first-order valence-corrected chi connectivity index (χ1v) is 7.45. The van der Waals surface area contributed by atoms with E-state index in [1.54, 1.807) is 12.1 Å². The van der Waals surface area contributed by atoms with Gasteiger partial charge < -0.3 is 10.1 Å². The summed E-state index contributed by atoms with van der Waals surface area (Å²) in [7, 11) is 0. The smallest absolute Gasteiger partial charge is 0.406 e. The Bertz CT molecular complexity index is 955. The minimum Gasteiger partial charge on any atom is -0.406 e. The van der Waals surface area contributed by atoms with Crippen molar-refractivity contribution in [3.8, 4) is 5.75 Å². The van der Waals surface area contributed by atoms with Crippen LogP contribution >= 0.6 is 11.6 Å². The molecule has 9 heteroatoms. The third-order valence-electron chi connectivity index (χ3n) is 3.24. The molecule has 2 heterocycles. The van der Waals surface area contributed by atoms with Gasteiger partial charge in [0.05, 0.1) is 17.3 Å². The minimum atomic E-state index is -4.73. The lowest BCUT2D eigenvalue weighted by molar-refractivity contribution is -0.274. The summed E-state index contributed by atoms with van der Waals surface area (Å²) in [5, 5.41) is 3.40. The van der Waals surface area contributed by atoms with Gasteiger partial charge in [-0.05, 0) is 36.4 Å². The molecule has 0 fully saturated rings. The van der Waals surface area contributed by atoms with Gasteiger partial charge in [-0.25, -0.2) is 4.98 Å². The first-order chi connectivity index (χ1) is 11.8. The number of rotatable bonds is 4. The lowest BCUT2D eigenvalue weighted by atomic mass is 10.3. The Kier molecular flexibility index (Phi) is 4.54. The monoisotopic (exact) mass is 369 g/mol. The van der Waals surface area contributed by atoms with Crippen molar-refractivity contribution in [1.82, 2.24) is 9.38 Å². The lowest BCUT2D eigenvalue weighted by Gasteiger charge is -2.10. The van der Waals surface area contributed by atoms with Gasteiger partial charge in [-0.2, -0.15) is 0 Å². The van der Waals surface area contributed by atoms with Crippen molar-refractivity contribution in [2.45, 2.75) is 12.9 Å². The van der Waals surface area contributed by atoms with Gasteiger partial charge in [-0.15, -0.1) is 13.2 Å². The number of alkyl halides is 3. The van der Waals surface area contributed by atoms with Crippen molar-refractivity contribution in [1.29, 1.82) is 0 Å². The van der Waals surface area contributed by atoms with E-state index in [2.05, 4.69) is 15.0 Å². The zero-order valence-corrected chi connectivity index (χ0v) is 13.3. The highest BCUT2D eigenvalue weighted by atomic mass is 35.5. The summed E-state index contributed by atoms with van der Waals surface area (Å²) in [6, 6.07) is 9.87. The zero-order valence-electron chi connectivity index (χ0n) is 12.5. The van der Waals surface area contributed by atoms with Gasteiger partial charge in [0, 0.05) is 18.0 Å². The number of nitrogens with zero attached hydrogens (tertiary/aromatic N) is 2. The number of anilines is 1. The summed E-state index contributed by atoms with van der Waals surface area (Å²) in [6.07, 6.45) is -3.25. The molecule has 1 N–H and O–H groups in total. The van der Waals surface area contributed by atoms with E-state index in [1.165, 1.54) is 40.9 Å². The van der Waals surface area contributed by atoms with E-state index >= 15 is 0 Å². The van der Waals surface area contributed by atoms with Gasteiger partial charge in [0.25, 0.3) is 5.56 Å². The highest BCUT2D eigenvalue weighted by Gasteiger charge is 2.30. The fourth-order valence-corrected chi connectivity index (χ4v) is 2.34. The number of ether oxygens (including phenoxy) is 1. The van der Waals surface area contributed by atoms with Gasteiger partial charge in [-0.1, -0.05) is 11.6 Å². The van der Waals surface area contributed by atoms with Gasteiger partial charge >= 0.3 is 6.36 Å². The predicted octanol–water partition coefficient (Wildman–Crippen LogP) is 3.86. The summed E-state index contributed by atoms with van der Waals surface area (Å²) in [5.74, 6) is -0.308. The molecular weight excluding hydrogens is 359 g/mol. The normalized spacial score (nSPS) is 11.5. The number of pyridine rings is 1. The molecule has 0 unspecified atom stereocenters. The van der Waals surface area contributed by atoms with Crippen LogP contribution < -0.4 is 15.6 Å². The van der Waals surface area contributed by atoms with Crippen LogP contribution in [0.3, 0.4) is 0 Å². The van der Waals surface area contributed by atoms with Crippen LogP contribution in [0.1, 0.15) is 5.69 Å². The molecule has 0 spiro atoms. The molecule has 0 aliphatic carbocycles. The third kappa shape index (κ3) is 4.42. The number of hydrogen-bond donors (Lipinski definition) is 1. The lowest BCUT2D eigenvalue weighted by Crippen LogP contribution is -2.17. The van der Waals surface area contributed by atoms with Crippen molar-refractivity contribution >= 4 is 22.9 Å². The van der Waals surface area contributed by atoms with Crippen molar-refractivity contribution < 1.29 is 17.9 Å². The largest absolute Gasteiger partial charge is 0.573 e. The number of hydrogen-bond acceptors (Lipinski definition) is 4. The quantitative estimate of drug-likeness (QED) is 0.758. The van der Waals surface area contributed by atoms with E-state index in [-0.39, 0.29) is 17.9 Å². The number of nitrogens with one attached hydrogen (secondary N) is 1. The Morgan fingerprint density at radius 1 is 1.16 bits per heavy atom. The maximum absolute atomic E-state index is 12.1. The van der Waals surface area contributed by atoms with Crippen LogP contribution in [-0.4, -0.2) is 15.7 Å². The van der Waals surface area contributed by atoms with E-state index in [0.29, 0.717) is 22.1 Å². The molecule has 2 aromatic heterocycles. The second kappa shape index (κ2) is 6.64. The van der Waals surface area contributed by atoms with Crippen molar-refractivity contribution in [2.24, 2.45) is 0 Å². The first-order valence-electron chi connectivity index (χ1n) is 7.08. The van der Waals surface area contributed by atoms with Gasteiger partial charge in [0.15, 0.2) is 0 Å². The molecule has 0 bridgehead atoms. The van der Waals surface area contributed by atoms with Gasteiger partial charge in [-0.3, -0.25) is 9.20 Å². The van der Waals surface area contributed by atoms with Crippen molar-refractivity contribution in [3.05, 3.63) is 69.7 Å². The average molecular weight is 370 g/mol. The Morgan fingerprint density at radius 2 is 1.88 bits per heavy atom. The first kappa shape index (κ1) is 17.1. The van der Waals surface area contributed by atoms with E-state index < -0.39 is 6.36 Å². The molecule has 130 valence electrons. The fourth-order valence-electron chi connectivity index (χ4n) is 2.18. The summed E-state index contributed by atoms with van der Waals surface area (Å²) in [4.78, 5) is 16.4. The molecule has 5 nitrogen and oxygen atoms in total. The van der Waals surface area contributed by atoms with E-state index in [4.69, 9.17) is 11.6 Å². The molecule has 3 rings (SSSR count). The Labute approximate surface area is 144 Å². The highest BCUT2D eigenvalue weighted by Crippen LogP contribution is 2.24. The molecule has 0 saturated heterocycles. The van der Waals surface area contributed by atoms with Crippen LogP contribution in [0.15, 0.2) is 53.5 Å². The van der Waals surface area contributed by atoms with Crippen LogP contribution in [-0.2, 0) is 6.54 Å². The van der Waals surface area contributed by atoms with Crippen LogP contribution in [0.5, 0.6) is 5.75 Å². The molecule has 0 atom stereocenters. The second-order valence-corrected chi connectivity index (χ2v) is 5.52. The Hall–Kier alpha value is -2.74. The molecule has 0 aliphatic heterocycles. The second-order valence-electron chi connectivity index (χ2n) is 5.09. The van der Waals surface area contributed by atoms with Crippen molar-refractivity contribution in [3.63, 3.8) is 0 Å². The van der Waals surface area contributed by atoms with Gasteiger partial charge in [0.1, 0.15) is 11.4 Å². The van der Waals surface area contributed by atoms with Crippen LogP contribution in [0, 0.1) is 0 Å². The van der Waals surface area contributed by atoms with E-state index in [1.807, 2.05) is 0 Å². The van der Waals surface area contributed by atoms with Crippen molar-refractivity contribution in [2.75, 3.05) is 5.32 Å². The van der Waals surface area contributed by atoms with Crippen LogP contribution in [0.4, 0.5) is 18.9 Å².